The Morgan fingerprint density at radius 3 is 2.90 bits per heavy atom. The van der Waals surface area contributed by atoms with Crippen molar-refractivity contribution < 1.29 is 23.8 Å². The van der Waals surface area contributed by atoms with Gasteiger partial charge in [-0.3, -0.25) is 4.79 Å². The molecular weight excluding hydrogens is 272 g/mol. The first-order valence-corrected chi connectivity index (χ1v) is 6.62. The van der Waals surface area contributed by atoms with Gasteiger partial charge in [-0.1, -0.05) is 12.1 Å². The van der Waals surface area contributed by atoms with Gasteiger partial charge in [0.15, 0.2) is 17.3 Å². The number of rotatable bonds is 3. The zero-order chi connectivity index (χ0) is 14.8. The summed E-state index contributed by atoms with van der Waals surface area (Å²) in [5, 5.41) is 0. The summed E-state index contributed by atoms with van der Waals surface area (Å²) in [6.07, 6.45) is 4.84. The van der Waals surface area contributed by atoms with Crippen LogP contribution in [-0.4, -0.2) is 24.6 Å². The number of cyclic esters (lactones) is 1. The molecule has 0 saturated carbocycles. The van der Waals surface area contributed by atoms with Crippen molar-refractivity contribution >= 4 is 17.8 Å². The average Bonchev–Trinajstić information content (AvgIpc) is 2.92. The number of Topliss-reactive ketones (excluding diaryl/α,β-unsaturated/α-hetero) is 1. The number of hydrogen-bond donors (Lipinski definition) is 0. The average molecular weight is 286 g/mol. The quantitative estimate of drug-likeness (QED) is 0.798. The third-order valence-electron chi connectivity index (χ3n) is 3.33. The first-order valence-electron chi connectivity index (χ1n) is 6.62. The van der Waals surface area contributed by atoms with E-state index in [1.807, 2.05) is 24.3 Å². The van der Waals surface area contributed by atoms with Crippen molar-refractivity contribution in [3.8, 4) is 11.5 Å². The van der Waals surface area contributed by atoms with Crippen LogP contribution in [0.1, 0.15) is 18.9 Å². The third kappa shape index (κ3) is 2.97. The SMILES string of the molecule is CC(=O)C1=CC(=O)O[C@H](C=Cc2ccc3c(c2)OCO3)C1. The number of ether oxygens (including phenoxy) is 3. The number of esters is 1. The normalized spacial score (nSPS) is 20.3. The van der Waals surface area contributed by atoms with Gasteiger partial charge in [0.05, 0.1) is 0 Å². The van der Waals surface area contributed by atoms with Crippen LogP contribution in [-0.2, 0) is 14.3 Å². The van der Waals surface area contributed by atoms with Crippen molar-refractivity contribution in [1.82, 2.24) is 0 Å². The van der Waals surface area contributed by atoms with Gasteiger partial charge >= 0.3 is 5.97 Å². The highest BCUT2D eigenvalue weighted by molar-refractivity contribution is 6.00. The van der Waals surface area contributed by atoms with E-state index in [-0.39, 0.29) is 12.6 Å². The third-order valence-corrected chi connectivity index (χ3v) is 3.33. The largest absolute Gasteiger partial charge is 0.455 e. The molecule has 1 atom stereocenters. The minimum absolute atomic E-state index is 0.104. The highest BCUT2D eigenvalue weighted by Crippen LogP contribution is 2.33. The zero-order valence-corrected chi connectivity index (χ0v) is 11.5. The lowest BCUT2D eigenvalue weighted by Crippen LogP contribution is -2.22. The lowest BCUT2D eigenvalue weighted by molar-refractivity contribution is -0.142. The maximum absolute atomic E-state index is 11.4. The van der Waals surface area contributed by atoms with E-state index in [9.17, 15) is 9.59 Å². The van der Waals surface area contributed by atoms with E-state index in [0.717, 1.165) is 11.3 Å². The van der Waals surface area contributed by atoms with Gasteiger partial charge in [-0.2, -0.15) is 0 Å². The Bertz CT molecular complexity index is 657. The monoisotopic (exact) mass is 286 g/mol. The highest BCUT2D eigenvalue weighted by Gasteiger charge is 2.21. The van der Waals surface area contributed by atoms with E-state index in [2.05, 4.69) is 0 Å². The molecule has 0 aromatic heterocycles. The molecule has 1 aromatic rings. The Labute approximate surface area is 121 Å². The lowest BCUT2D eigenvalue weighted by atomic mass is 10.0. The van der Waals surface area contributed by atoms with Gasteiger partial charge < -0.3 is 14.2 Å². The lowest BCUT2D eigenvalue weighted by Gasteiger charge is -2.19. The summed E-state index contributed by atoms with van der Waals surface area (Å²) in [6, 6.07) is 5.57. The first kappa shape index (κ1) is 13.4. The van der Waals surface area contributed by atoms with Crippen molar-refractivity contribution in [3.63, 3.8) is 0 Å². The molecule has 0 radical (unpaired) electrons. The maximum atomic E-state index is 11.4. The second kappa shape index (κ2) is 5.44. The molecule has 0 fully saturated rings. The fourth-order valence-corrected chi connectivity index (χ4v) is 2.23. The van der Waals surface area contributed by atoms with Crippen molar-refractivity contribution in [2.24, 2.45) is 0 Å². The molecule has 21 heavy (non-hydrogen) atoms. The first-order chi connectivity index (χ1) is 10.1. The molecule has 0 unspecified atom stereocenters. The molecule has 0 saturated heterocycles. The van der Waals surface area contributed by atoms with Gasteiger partial charge in [-0.15, -0.1) is 0 Å². The Kier molecular flexibility index (Phi) is 3.48. The van der Waals surface area contributed by atoms with Crippen molar-refractivity contribution in [2.45, 2.75) is 19.4 Å². The van der Waals surface area contributed by atoms with Crippen LogP contribution in [0.5, 0.6) is 11.5 Å². The van der Waals surface area contributed by atoms with Crippen LogP contribution in [0.3, 0.4) is 0 Å². The number of carbonyl (C=O) groups excluding carboxylic acids is 2. The van der Waals surface area contributed by atoms with Crippen LogP contribution < -0.4 is 9.47 Å². The van der Waals surface area contributed by atoms with E-state index in [4.69, 9.17) is 14.2 Å². The molecule has 2 aliphatic heterocycles. The molecular formula is C16H14O5. The van der Waals surface area contributed by atoms with E-state index in [1.54, 1.807) is 6.08 Å². The van der Waals surface area contributed by atoms with Crippen molar-refractivity contribution in [2.75, 3.05) is 6.79 Å². The second-order valence-corrected chi connectivity index (χ2v) is 4.88. The van der Waals surface area contributed by atoms with Crippen LogP contribution >= 0.6 is 0 Å². The van der Waals surface area contributed by atoms with Crippen molar-refractivity contribution in [3.05, 3.63) is 41.5 Å². The number of fused-ring (bicyclic) bond motifs is 1. The minimum atomic E-state index is -0.480. The van der Waals surface area contributed by atoms with Gasteiger partial charge in [-0.25, -0.2) is 4.79 Å². The molecule has 108 valence electrons. The topological polar surface area (TPSA) is 61.8 Å². The molecule has 0 aliphatic carbocycles. The Morgan fingerprint density at radius 1 is 1.29 bits per heavy atom. The second-order valence-electron chi connectivity index (χ2n) is 4.88. The minimum Gasteiger partial charge on any atom is -0.455 e. The number of benzene rings is 1. The van der Waals surface area contributed by atoms with Crippen LogP contribution in [0.2, 0.25) is 0 Å². The molecule has 3 rings (SSSR count). The predicted octanol–water partition coefficient (Wildman–Crippen LogP) is 2.26. The van der Waals surface area contributed by atoms with Crippen LogP contribution in [0.4, 0.5) is 0 Å². The molecule has 0 N–H and O–H groups in total. The zero-order valence-electron chi connectivity index (χ0n) is 11.5. The van der Waals surface area contributed by atoms with E-state index >= 15 is 0 Å². The highest BCUT2D eigenvalue weighted by atomic mass is 16.7. The van der Waals surface area contributed by atoms with Gasteiger partial charge in [0, 0.05) is 18.1 Å². The smallest absolute Gasteiger partial charge is 0.331 e. The summed E-state index contributed by atoms with van der Waals surface area (Å²) in [6.45, 7) is 1.68. The van der Waals surface area contributed by atoms with Crippen LogP contribution in [0.25, 0.3) is 6.08 Å². The molecule has 0 spiro atoms. The standard InChI is InChI=1S/C16H14O5/c1-10(17)12-7-13(21-16(18)8-12)4-2-11-3-5-14-15(6-11)20-9-19-14/h2-6,8,13H,7,9H2,1H3/t13-/m1/s1. The summed E-state index contributed by atoms with van der Waals surface area (Å²) in [5.74, 6) is 0.833. The predicted molar refractivity (Wildman–Crippen MR) is 74.9 cm³/mol. The van der Waals surface area contributed by atoms with Crippen molar-refractivity contribution in [1.29, 1.82) is 0 Å². The Hall–Kier alpha value is -2.56. The maximum Gasteiger partial charge on any atom is 0.331 e. The molecule has 1 aromatic carbocycles. The van der Waals surface area contributed by atoms with Gasteiger partial charge in [0.1, 0.15) is 6.10 Å². The van der Waals surface area contributed by atoms with Crippen LogP contribution in [0.15, 0.2) is 35.9 Å². The number of hydrogen-bond acceptors (Lipinski definition) is 5. The molecule has 5 heteroatoms. The van der Waals surface area contributed by atoms with E-state index in [1.165, 1.54) is 13.0 Å². The summed E-state index contributed by atoms with van der Waals surface area (Å²) in [7, 11) is 0. The molecule has 2 heterocycles. The van der Waals surface area contributed by atoms with E-state index < -0.39 is 12.1 Å². The molecule has 5 nitrogen and oxygen atoms in total. The number of carbonyl (C=O) groups is 2. The van der Waals surface area contributed by atoms with Gasteiger partial charge in [0.2, 0.25) is 6.79 Å². The van der Waals surface area contributed by atoms with Gasteiger partial charge in [0.25, 0.3) is 0 Å². The van der Waals surface area contributed by atoms with Gasteiger partial charge in [-0.05, 0) is 30.7 Å². The Balaban J connectivity index is 1.73. The fraction of sp³-hybridized carbons (Fsp3) is 0.250. The molecule has 0 bridgehead atoms. The summed E-state index contributed by atoms with van der Waals surface area (Å²) < 4.78 is 15.7. The summed E-state index contributed by atoms with van der Waals surface area (Å²) >= 11 is 0. The summed E-state index contributed by atoms with van der Waals surface area (Å²) in [4.78, 5) is 22.8. The Morgan fingerprint density at radius 2 is 2.10 bits per heavy atom. The molecule has 2 aliphatic rings. The van der Waals surface area contributed by atoms with E-state index in [0.29, 0.717) is 17.7 Å². The molecule has 0 amide bonds. The van der Waals surface area contributed by atoms with Crippen LogP contribution in [0, 0.1) is 0 Å². The summed E-state index contributed by atoms with van der Waals surface area (Å²) in [5.41, 5.74) is 1.40. The fourth-order valence-electron chi connectivity index (χ4n) is 2.23. The number of ketones is 1.